The van der Waals surface area contributed by atoms with E-state index in [-0.39, 0.29) is 11.9 Å². The molecule has 2 nitrogen and oxygen atoms in total. The van der Waals surface area contributed by atoms with Crippen molar-refractivity contribution < 1.29 is 4.39 Å². The average Bonchev–Trinajstić information content (AvgIpc) is 2.62. The van der Waals surface area contributed by atoms with Gasteiger partial charge in [-0.25, -0.2) is 4.39 Å². The Labute approximate surface area is 108 Å². The van der Waals surface area contributed by atoms with E-state index in [1.165, 1.54) is 25.0 Å². The van der Waals surface area contributed by atoms with Crippen LogP contribution in [-0.4, -0.2) is 18.0 Å². The Morgan fingerprint density at radius 2 is 1.89 bits per heavy atom. The molecule has 96 valence electrons. The molecule has 1 fully saturated rings. The first-order chi connectivity index (χ1) is 8.72. The third-order valence-corrected chi connectivity index (χ3v) is 3.65. The van der Waals surface area contributed by atoms with Crippen LogP contribution in [0.15, 0.2) is 18.2 Å². The molecule has 1 aromatic carbocycles. The van der Waals surface area contributed by atoms with Gasteiger partial charge in [0, 0.05) is 0 Å². The minimum Gasteiger partial charge on any atom is -0.284 e. The minimum atomic E-state index is -0.233. The highest BCUT2D eigenvalue weighted by Crippen LogP contribution is 2.26. The fraction of sp³-hybridized carbons (Fsp3) is 0.533. The van der Waals surface area contributed by atoms with E-state index in [0.717, 1.165) is 37.1 Å². The van der Waals surface area contributed by atoms with Crippen molar-refractivity contribution in [1.29, 1.82) is 5.26 Å². The molecule has 0 bridgehead atoms. The van der Waals surface area contributed by atoms with E-state index in [1.54, 1.807) is 6.07 Å². The molecule has 2 rings (SSSR count). The quantitative estimate of drug-likeness (QED) is 0.797. The van der Waals surface area contributed by atoms with Gasteiger partial charge in [0.05, 0.1) is 6.07 Å². The Hall–Kier alpha value is -1.40. The number of likely N-dealkylation sites (tertiary alicyclic amines) is 1. The van der Waals surface area contributed by atoms with Crippen LogP contribution >= 0.6 is 0 Å². The maximum Gasteiger partial charge on any atom is 0.124 e. The van der Waals surface area contributed by atoms with Gasteiger partial charge < -0.3 is 0 Å². The summed E-state index contributed by atoms with van der Waals surface area (Å²) in [5.74, 6) is -0.233. The molecular formula is C15H19FN2. The van der Waals surface area contributed by atoms with Crippen LogP contribution in [0.4, 0.5) is 4.39 Å². The van der Waals surface area contributed by atoms with Crippen molar-refractivity contribution in [1.82, 2.24) is 4.90 Å². The smallest absolute Gasteiger partial charge is 0.124 e. The number of nitriles is 1. The second kappa shape index (κ2) is 5.97. The summed E-state index contributed by atoms with van der Waals surface area (Å²) in [6.45, 7) is 3.81. The van der Waals surface area contributed by atoms with Gasteiger partial charge in [-0.2, -0.15) is 5.26 Å². The number of nitrogens with zero attached hydrogens (tertiary/aromatic N) is 2. The zero-order valence-electron chi connectivity index (χ0n) is 10.8. The lowest BCUT2D eigenvalue weighted by Crippen LogP contribution is -2.29. The lowest BCUT2D eigenvalue weighted by atomic mass is 10.0. The maximum absolute atomic E-state index is 13.1. The Bertz CT molecular complexity index is 442. The predicted molar refractivity (Wildman–Crippen MR) is 69.5 cm³/mol. The van der Waals surface area contributed by atoms with Gasteiger partial charge in [0.1, 0.15) is 11.9 Å². The fourth-order valence-electron chi connectivity index (χ4n) is 2.65. The summed E-state index contributed by atoms with van der Waals surface area (Å²) in [5, 5.41) is 9.43. The molecule has 1 aromatic rings. The van der Waals surface area contributed by atoms with Crippen LogP contribution in [0.5, 0.6) is 0 Å². The van der Waals surface area contributed by atoms with Gasteiger partial charge in [-0.05, 0) is 56.1 Å². The summed E-state index contributed by atoms with van der Waals surface area (Å²) in [4.78, 5) is 2.23. The second-order valence-electron chi connectivity index (χ2n) is 4.98. The Morgan fingerprint density at radius 1 is 1.22 bits per heavy atom. The van der Waals surface area contributed by atoms with Crippen LogP contribution in [0.2, 0.25) is 0 Å². The first-order valence-electron chi connectivity index (χ1n) is 6.62. The predicted octanol–water partition coefficient (Wildman–Crippen LogP) is 3.57. The van der Waals surface area contributed by atoms with Crippen molar-refractivity contribution in [3.8, 4) is 6.07 Å². The summed E-state index contributed by atoms with van der Waals surface area (Å²) in [6, 6.07) is 6.86. The van der Waals surface area contributed by atoms with Crippen LogP contribution in [0.1, 0.15) is 42.9 Å². The molecule has 1 heterocycles. The fourth-order valence-corrected chi connectivity index (χ4v) is 2.65. The Balaban J connectivity index is 2.24. The Morgan fingerprint density at radius 3 is 2.44 bits per heavy atom. The van der Waals surface area contributed by atoms with E-state index in [2.05, 4.69) is 11.0 Å². The zero-order valence-corrected chi connectivity index (χ0v) is 10.8. The largest absolute Gasteiger partial charge is 0.284 e. The lowest BCUT2D eigenvalue weighted by Gasteiger charge is -2.26. The summed E-state index contributed by atoms with van der Waals surface area (Å²) < 4.78 is 13.1. The van der Waals surface area contributed by atoms with E-state index in [1.807, 2.05) is 6.92 Å². The van der Waals surface area contributed by atoms with E-state index < -0.39 is 0 Å². The summed E-state index contributed by atoms with van der Waals surface area (Å²) in [7, 11) is 0. The van der Waals surface area contributed by atoms with E-state index in [4.69, 9.17) is 0 Å². The topological polar surface area (TPSA) is 27.0 Å². The number of halogens is 1. The molecule has 0 radical (unpaired) electrons. The van der Waals surface area contributed by atoms with Crippen molar-refractivity contribution in [3.63, 3.8) is 0 Å². The molecular weight excluding hydrogens is 227 g/mol. The molecule has 1 aliphatic heterocycles. The number of hydrogen-bond acceptors (Lipinski definition) is 2. The molecule has 3 heteroatoms. The van der Waals surface area contributed by atoms with Crippen LogP contribution in [0.25, 0.3) is 0 Å². The van der Waals surface area contributed by atoms with Gasteiger partial charge in [-0.1, -0.05) is 18.9 Å². The molecule has 1 unspecified atom stereocenters. The van der Waals surface area contributed by atoms with Gasteiger partial charge in [0.2, 0.25) is 0 Å². The summed E-state index contributed by atoms with van der Waals surface area (Å²) in [6.07, 6.45) is 4.80. The number of hydrogen-bond donors (Lipinski definition) is 0. The van der Waals surface area contributed by atoms with Crippen molar-refractivity contribution in [3.05, 3.63) is 35.1 Å². The van der Waals surface area contributed by atoms with Crippen LogP contribution in [0.3, 0.4) is 0 Å². The molecule has 1 atom stereocenters. The molecule has 1 saturated heterocycles. The standard InChI is InChI=1S/C15H19FN2/c1-12-10-13(16)6-7-14(12)15(11-17)18-8-4-2-3-5-9-18/h6-7,10,15H,2-5,8-9H2,1H3. The Kier molecular flexibility index (Phi) is 4.33. The maximum atomic E-state index is 13.1. The van der Waals surface area contributed by atoms with E-state index in [0.29, 0.717) is 0 Å². The highest BCUT2D eigenvalue weighted by Gasteiger charge is 2.22. The third kappa shape index (κ3) is 2.88. The normalized spacial score (nSPS) is 18.9. The first kappa shape index (κ1) is 13.0. The van der Waals surface area contributed by atoms with Gasteiger partial charge >= 0.3 is 0 Å². The van der Waals surface area contributed by atoms with Gasteiger partial charge in [-0.15, -0.1) is 0 Å². The molecule has 0 saturated carbocycles. The SMILES string of the molecule is Cc1cc(F)ccc1C(C#N)N1CCCCCC1. The molecule has 1 aliphatic rings. The van der Waals surface area contributed by atoms with Crippen molar-refractivity contribution in [2.24, 2.45) is 0 Å². The molecule has 0 aromatic heterocycles. The first-order valence-corrected chi connectivity index (χ1v) is 6.62. The van der Waals surface area contributed by atoms with Gasteiger partial charge in [-0.3, -0.25) is 4.90 Å². The number of aryl methyl sites for hydroxylation is 1. The van der Waals surface area contributed by atoms with Gasteiger partial charge in [0.25, 0.3) is 0 Å². The van der Waals surface area contributed by atoms with Crippen molar-refractivity contribution in [2.75, 3.05) is 13.1 Å². The van der Waals surface area contributed by atoms with Crippen LogP contribution < -0.4 is 0 Å². The lowest BCUT2D eigenvalue weighted by molar-refractivity contribution is 0.245. The van der Waals surface area contributed by atoms with Crippen molar-refractivity contribution >= 4 is 0 Å². The molecule has 18 heavy (non-hydrogen) atoms. The zero-order chi connectivity index (χ0) is 13.0. The molecule has 0 amide bonds. The monoisotopic (exact) mass is 246 g/mol. The average molecular weight is 246 g/mol. The van der Waals surface area contributed by atoms with E-state index in [9.17, 15) is 9.65 Å². The van der Waals surface area contributed by atoms with E-state index >= 15 is 0 Å². The molecule has 0 spiro atoms. The minimum absolute atomic E-state index is 0.233. The summed E-state index contributed by atoms with van der Waals surface area (Å²) in [5.41, 5.74) is 1.81. The van der Waals surface area contributed by atoms with Crippen molar-refractivity contribution in [2.45, 2.75) is 38.6 Å². The highest BCUT2D eigenvalue weighted by molar-refractivity contribution is 5.33. The molecule has 0 N–H and O–H groups in total. The summed E-state index contributed by atoms with van der Waals surface area (Å²) >= 11 is 0. The second-order valence-corrected chi connectivity index (χ2v) is 4.98. The van der Waals surface area contributed by atoms with Crippen LogP contribution in [0, 0.1) is 24.1 Å². The highest BCUT2D eigenvalue weighted by atomic mass is 19.1. The number of benzene rings is 1. The van der Waals surface area contributed by atoms with Gasteiger partial charge in [0.15, 0.2) is 0 Å². The number of rotatable bonds is 2. The van der Waals surface area contributed by atoms with Crippen LogP contribution in [-0.2, 0) is 0 Å². The molecule has 0 aliphatic carbocycles. The third-order valence-electron chi connectivity index (χ3n) is 3.65.